The fraction of sp³-hybridized carbons (Fsp3) is 0.647. The minimum absolute atomic E-state index is 0.751. The van der Waals surface area contributed by atoms with E-state index in [2.05, 4.69) is 30.1 Å². The second-order valence-corrected chi connectivity index (χ2v) is 5.64. The lowest BCUT2D eigenvalue weighted by molar-refractivity contribution is 0.264. The van der Waals surface area contributed by atoms with Crippen LogP contribution in [0.5, 0.6) is 0 Å². The molecule has 0 saturated heterocycles. The van der Waals surface area contributed by atoms with Crippen LogP contribution in [-0.2, 0) is 0 Å². The molecule has 0 aliphatic carbocycles. The molecule has 3 heteroatoms. The zero-order valence-electron chi connectivity index (χ0n) is 12.9. The maximum atomic E-state index is 6.10. The average Bonchev–Trinajstić information content (AvgIpc) is 2.47. The Bertz CT molecular complexity index is 347. The molecule has 0 fully saturated rings. The lowest BCUT2D eigenvalue weighted by atomic mass is 10.2. The van der Waals surface area contributed by atoms with E-state index in [1.165, 1.54) is 45.3 Å². The van der Waals surface area contributed by atoms with Gasteiger partial charge in [0.25, 0.3) is 0 Å². The molecular formula is C17H28ClN2. The van der Waals surface area contributed by atoms with Crippen molar-refractivity contribution in [3.05, 3.63) is 29.3 Å². The number of halogens is 1. The highest BCUT2D eigenvalue weighted by Crippen LogP contribution is 2.19. The first-order valence-corrected chi connectivity index (χ1v) is 8.27. The molecule has 2 nitrogen and oxygen atoms in total. The quantitative estimate of drug-likeness (QED) is 0.587. The van der Waals surface area contributed by atoms with Crippen LogP contribution in [-0.4, -0.2) is 31.1 Å². The van der Waals surface area contributed by atoms with Gasteiger partial charge in [0.2, 0.25) is 0 Å². The Labute approximate surface area is 129 Å². The van der Waals surface area contributed by atoms with Gasteiger partial charge in [0, 0.05) is 6.54 Å². The molecule has 0 spiro atoms. The van der Waals surface area contributed by atoms with E-state index >= 15 is 0 Å². The number of rotatable bonds is 11. The van der Waals surface area contributed by atoms with Crippen molar-refractivity contribution in [1.82, 2.24) is 4.90 Å². The number of benzene rings is 1. The molecule has 1 radical (unpaired) electrons. The Morgan fingerprint density at radius 3 is 2.35 bits per heavy atom. The number of nitrogens with one attached hydrogen (secondary N) is 1. The maximum Gasteiger partial charge on any atom is 0.0643 e. The molecule has 0 unspecified atom stereocenters. The molecule has 0 aromatic heterocycles. The summed E-state index contributed by atoms with van der Waals surface area (Å²) in [7, 11) is 0. The van der Waals surface area contributed by atoms with E-state index in [9.17, 15) is 0 Å². The van der Waals surface area contributed by atoms with Crippen LogP contribution in [0, 0.1) is 6.07 Å². The van der Waals surface area contributed by atoms with Crippen molar-refractivity contribution in [2.45, 2.75) is 46.0 Å². The highest BCUT2D eigenvalue weighted by molar-refractivity contribution is 6.33. The van der Waals surface area contributed by atoms with Crippen LogP contribution in [0.25, 0.3) is 0 Å². The molecule has 0 saturated carbocycles. The van der Waals surface area contributed by atoms with Crippen LogP contribution in [0.1, 0.15) is 46.0 Å². The number of hydrogen-bond donors (Lipinski definition) is 1. The van der Waals surface area contributed by atoms with Crippen molar-refractivity contribution in [3.8, 4) is 0 Å². The first kappa shape index (κ1) is 17.3. The largest absolute Gasteiger partial charge is 0.384 e. The predicted molar refractivity (Wildman–Crippen MR) is 89.7 cm³/mol. The van der Waals surface area contributed by atoms with Crippen molar-refractivity contribution >= 4 is 17.3 Å². The minimum Gasteiger partial charge on any atom is -0.384 e. The third-order valence-corrected chi connectivity index (χ3v) is 3.75. The summed E-state index contributed by atoms with van der Waals surface area (Å²) in [6.45, 7) is 9.12. The van der Waals surface area contributed by atoms with Crippen molar-refractivity contribution in [2.24, 2.45) is 0 Å². The van der Waals surface area contributed by atoms with E-state index in [-0.39, 0.29) is 0 Å². The summed E-state index contributed by atoms with van der Waals surface area (Å²) in [6, 6.07) is 8.65. The number of nitrogens with zero attached hydrogens (tertiary/aromatic N) is 1. The van der Waals surface area contributed by atoms with Gasteiger partial charge in [-0.2, -0.15) is 0 Å². The zero-order chi connectivity index (χ0) is 14.6. The molecule has 1 aromatic carbocycles. The minimum atomic E-state index is 0.751. The molecule has 1 aromatic rings. The number of unbranched alkanes of at least 4 members (excludes halogenated alkanes) is 2. The fourth-order valence-corrected chi connectivity index (χ4v) is 2.37. The van der Waals surface area contributed by atoms with Crippen molar-refractivity contribution in [1.29, 1.82) is 0 Å². The normalized spacial score (nSPS) is 11.0. The first-order valence-electron chi connectivity index (χ1n) is 7.89. The predicted octanol–water partition coefficient (Wildman–Crippen LogP) is 4.84. The van der Waals surface area contributed by atoms with Crippen molar-refractivity contribution in [3.63, 3.8) is 0 Å². The van der Waals surface area contributed by atoms with E-state index < -0.39 is 0 Å². The molecule has 0 bridgehead atoms. The van der Waals surface area contributed by atoms with Gasteiger partial charge >= 0.3 is 0 Å². The molecule has 20 heavy (non-hydrogen) atoms. The summed E-state index contributed by atoms with van der Waals surface area (Å²) in [4.78, 5) is 2.59. The smallest absolute Gasteiger partial charge is 0.0643 e. The van der Waals surface area contributed by atoms with Crippen LogP contribution in [0.15, 0.2) is 18.2 Å². The van der Waals surface area contributed by atoms with Gasteiger partial charge in [0.05, 0.1) is 10.7 Å². The van der Waals surface area contributed by atoms with Crippen LogP contribution >= 0.6 is 11.6 Å². The molecule has 1 N–H and O–H groups in total. The number of hydrogen-bond acceptors (Lipinski definition) is 2. The summed E-state index contributed by atoms with van der Waals surface area (Å²) in [5, 5.41) is 4.15. The summed E-state index contributed by atoms with van der Waals surface area (Å²) < 4.78 is 0. The molecule has 1 rings (SSSR count). The van der Waals surface area contributed by atoms with E-state index in [0.717, 1.165) is 23.7 Å². The molecule has 0 atom stereocenters. The van der Waals surface area contributed by atoms with Crippen LogP contribution in [0.3, 0.4) is 0 Å². The summed E-state index contributed by atoms with van der Waals surface area (Å²) in [6.07, 6.45) is 6.31. The lowest BCUT2D eigenvalue weighted by Crippen LogP contribution is -2.28. The maximum absolute atomic E-state index is 6.10. The Kier molecular flexibility index (Phi) is 9.52. The molecule has 113 valence electrons. The molecular weight excluding hydrogens is 268 g/mol. The van der Waals surface area contributed by atoms with E-state index in [1.807, 2.05) is 12.1 Å². The van der Waals surface area contributed by atoms with Gasteiger partial charge in [0.1, 0.15) is 0 Å². The molecule has 0 aliphatic heterocycles. The van der Waals surface area contributed by atoms with Gasteiger partial charge in [-0.25, -0.2) is 0 Å². The SMILES string of the molecule is CCCCN(CCCC)CCCNc1cc[c]cc1Cl. The van der Waals surface area contributed by atoms with Gasteiger partial charge < -0.3 is 10.2 Å². The highest BCUT2D eigenvalue weighted by atomic mass is 35.5. The second kappa shape index (κ2) is 11.0. The van der Waals surface area contributed by atoms with Crippen LogP contribution < -0.4 is 5.32 Å². The summed E-state index contributed by atoms with van der Waals surface area (Å²) in [5.41, 5.74) is 1.01. The average molecular weight is 296 g/mol. The van der Waals surface area contributed by atoms with E-state index in [0.29, 0.717) is 0 Å². The molecule has 0 heterocycles. The Balaban J connectivity index is 2.23. The van der Waals surface area contributed by atoms with Crippen LogP contribution in [0.2, 0.25) is 5.02 Å². The summed E-state index contributed by atoms with van der Waals surface area (Å²) >= 11 is 6.10. The van der Waals surface area contributed by atoms with Gasteiger partial charge in [-0.1, -0.05) is 44.4 Å². The standard InChI is InChI=1S/C17H28ClN2/c1-3-5-13-20(14-6-4-2)15-9-12-19-17-11-8-7-10-16(17)18/h8,10-11,19H,3-6,9,12-15H2,1-2H3. The Hall–Kier alpha value is -0.730. The van der Waals surface area contributed by atoms with Gasteiger partial charge in [-0.3, -0.25) is 0 Å². The topological polar surface area (TPSA) is 15.3 Å². The van der Waals surface area contributed by atoms with Crippen LogP contribution in [0.4, 0.5) is 5.69 Å². The fourth-order valence-electron chi connectivity index (χ4n) is 2.18. The molecule has 0 amide bonds. The third kappa shape index (κ3) is 7.16. The second-order valence-electron chi connectivity index (χ2n) is 5.24. The third-order valence-electron chi connectivity index (χ3n) is 3.44. The highest BCUT2D eigenvalue weighted by Gasteiger charge is 2.04. The Morgan fingerprint density at radius 1 is 1.10 bits per heavy atom. The molecule has 0 aliphatic rings. The lowest BCUT2D eigenvalue weighted by Gasteiger charge is -2.22. The van der Waals surface area contributed by atoms with E-state index in [1.54, 1.807) is 6.07 Å². The Morgan fingerprint density at radius 2 is 1.75 bits per heavy atom. The first-order chi connectivity index (χ1) is 9.77. The van der Waals surface area contributed by atoms with Gasteiger partial charge in [-0.05, 0) is 57.1 Å². The monoisotopic (exact) mass is 295 g/mol. The summed E-state index contributed by atoms with van der Waals surface area (Å²) in [5.74, 6) is 0. The van der Waals surface area contributed by atoms with E-state index in [4.69, 9.17) is 11.6 Å². The van der Waals surface area contributed by atoms with Gasteiger partial charge in [0.15, 0.2) is 0 Å². The number of anilines is 1. The van der Waals surface area contributed by atoms with Gasteiger partial charge in [-0.15, -0.1) is 0 Å². The zero-order valence-corrected chi connectivity index (χ0v) is 13.7. The van der Waals surface area contributed by atoms with Crippen molar-refractivity contribution < 1.29 is 0 Å². The van der Waals surface area contributed by atoms with Crippen molar-refractivity contribution in [2.75, 3.05) is 31.5 Å².